The molecule has 16 heavy (non-hydrogen) atoms. The number of rotatable bonds is 6. The molecule has 1 aliphatic rings. The molecule has 3 unspecified atom stereocenters. The van der Waals surface area contributed by atoms with Gasteiger partial charge in [0.25, 0.3) is 0 Å². The molecule has 1 saturated heterocycles. The molecule has 0 spiro atoms. The van der Waals surface area contributed by atoms with E-state index in [4.69, 9.17) is 16.3 Å². The molecule has 1 amide bonds. The highest BCUT2D eigenvalue weighted by Crippen LogP contribution is 2.23. The lowest BCUT2D eigenvalue weighted by atomic mass is 9.98. The molecule has 0 aromatic rings. The van der Waals surface area contributed by atoms with Gasteiger partial charge in [-0.2, -0.15) is 0 Å². The van der Waals surface area contributed by atoms with E-state index < -0.39 is 0 Å². The lowest BCUT2D eigenvalue weighted by Gasteiger charge is -2.18. The van der Waals surface area contributed by atoms with Crippen LogP contribution in [0.4, 0.5) is 0 Å². The normalized spacial score (nSPS) is 26.7. The summed E-state index contributed by atoms with van der Waals surface area (Å²) in [6.07, 6.45) is 2.83. The van der Waals surface area contributed by atoms with Crippen LogP contribution < -0.4 is 5.32 Å². The maximum Gasteiger partial charge on any atom is 0.225 e. The second kappa shape index (κ2) is 7.13. The molecule has 3 nitrogen and oxygen atoms in total. The molecule has 1 N–H and O–H groups in total. The number of halogens is 1. The van der Waals surface area contributed by atoms with Crippen molar-refractivity contribution in [3.05, 3.63) is 0 Å². The van der Waals surface area contributed by atoms with Gasteiger partial charge < -0.3 is 10.1 Å². The zero-order chi connectivity index (χ0) is 12.0. The molecule has 1 fully saturated rings. The fraction of sp³-hybridized carbons (Fsp3) is 0.917. The number of ether oxygens (including phenoxy) is 1. The van der Waals surface area contributed by atoms with Gasteiger partial charge in [0.05, 0.1) is 12.0 Å². The van der Waals surface area contributed by atoms with E-state index in [9.17, 15) is 4.79 Å². The Morgan fingerprint density at radius 2 is 2.38 bits per heavy atom. The Kier molecular flexibility index (Phi) is 6.14. The minimum atomic E-state index is 0.0493. The molecule has 0 aliphatic carbocycles. The molecule has 0 saturated carbocycles. The number of hydrogen-bond donors (Lipinski definition) is 1. The van der Waals surface area contributed by atoms with E-state index >= 15 is 0 Å². The van der Waals surface area contributed by atoms with Crippen molar-refractivity contribution in [1.82, 2.24) is 5.32 Å². The summed E-state index contributed by atoms with van der Waals surface area (Å²) in [7, 11) is 0. The second-order valence-electron chi connectivity index (χ2n) is 4.54. The lowest BCUT2D eigenvalue weighted by molar-refractivity contribution is -0.126. The number of carbonyl (C=O) groups excluding carboxylic acids is 1. The Morgan fingerprint density at radius 3 is 3.00 bits per heavy atom. The van der Waals surface area contributed by atoms with E-state index in [1.807, 2.05) is 0 Å². The second-order valence-corrected chi connectivity index (χ2v) is 4.92. The molecule has 0 aromatic heterocycles. The van der Waals surface area contributed by atoms with Crippen molar-refractivity contribution >= 4 is 17.5 Å². The smallest absolute Gasteiger partial charge is 0.225 e. The van der Waals surface area contributed by atoms with E-state index in [1.165, 1.54) is 0 Å². The van der Waals surface area contributed by atoms with Crippen LogP contribution in [0.3, 0.4) is 0 Å². The zero-order valence-corrected chi connectivity index (χ0v) is 10.9. The molecule has 1 rings (SSSR count). The van der Waals surface area contributed by atoms with Crippen molar-refractivity contribution in [3.8, 4) is 0 Å². The predicted molar refractivity (Wildman–Crippen MR) is 65.6 cm³/mol. The van der Waals surface area contributed by atoms with Gasteiger partial charge in [-0.15, -0.1) is 11.6 Å². The summed E-state index contributed by atoms with van der Waals surface area (Å²) in [4.78, 5) is 11.9. The van der Waals surface area contributed by atoms with E-state index in [2.05, 4.69) is 19.2 Å². The lowest BCUT2D eigenvalue weighted by Crippen LogP contribution is -2.37. The van der Waals surface area contributed by atoms with Crippen molar-refractivity contribution < 1.29 is 9.53 Å². The number of amides is 1. The van der Waals surface area contributed by atoms with E-state index in [-0.39, 0.29) is 17.9 Å². The predicted octanol–water partition coefficient (Wildman–Crippen LogP) is 2.18. The average Bonchev–Trinajstić information content (AvgIpc) is 2.74. The molecular formula is C12H22ClNO2. The first-order valence-corrected chi connectivity index (χ1v) is 6.67. The molecule has 94 valence electrons. The van der Waals surface area contributed by atoms with E-state index in [1.54, 1.807) is 0 Å². The van der Waals surface area contributed by atoms with Gasteiger partial charge in [-0.25, -0.2) is 0 Å². The highest BCUT2D eigenvalue weighted by molar-refractivity contribution is 6.17. The molecule has 3 atom stereocenters. The molecule has 0 aromatic carbocycles. The van der Waals surface area contributed by atoms with Gasteiger partial charge in [0.1, 0.15) is 0 Å². The summed E-state index contributed by atoms with van der Waals surface area (Å²) >= 11 is 5.65. The summed E-state index contributed by atoms with van der Waals surface area (Å²) < 4.78 is 5.51. The van der Waals surface area contributed by atoms with Crippen LogP contribution in [-0.2, 0) is 9.53 Å². The first-order valence-electron chi connectivity index (χ1n) is 6.14. The summed E-state index contributed by atoms with van der Waals surface area (Å²) in [5.74, 6) is 1.30. The highest BCUT2D eigenvalue weighted by atomic mass is 35.5. The van der Waals surface area contributed by atoms with Crippen LogP contribution in [0.1, 0.15) is 33.1 Å². The van der Waals surface area contributed by atoms with Crippen molar-refractivity contribution in [3.63, 3.8) is 0 Å². The molecule has 0 bridgehead atoms. The highest BCUT2D eigenvalue weighted by Gasteiger charge is 2.32. The van der Waals surface area contributed by atoms with Gasteiger partial charge in [-0.3, -0.25) is 4.79 Å². The van der Waals surface area contributed by atoms with Gasteiger partial charge >= 0.3 is 0 Å². The van der Waals surface area contributed by atoms with Crippen LogP contribution in [-0.4, -0.2) is 31.0 Å². The Labute approximate surface area is 103 Å². The van der Waals surface area contributed by atoms with Gasteiger partial charge in [0.2, 0.25) is 5.91 Å². The van der Waals surface area contributed by atoms with Crippen molar-refractivity contribution in [2.24, 2.45) is 11.8 Å². The largest absolute Gasteiger partial charge is 0.377 e. The molecule has 0 radical (unpaired) electrons. The van der Waals surface area contributed by atoms with Crippen molar-refractivity contribution in [2.45, 2.75) is 39.2 Å². The fourth-order valence-corrected chi connectivity index (χ4v) is 2.42. The number of alkyl halides is 1. The summed E-state index contributed by atoms with van der Waals surface area (Å²) in [6.45, 7) is 5.60. The van der Waals surface area contributed by atoms with E-state index in [0.717, 1.165) is 25.8 Å². The minimum absolute atomic E-state index is 0.0493. The third-order valence-electron chi connectivity index (χ3n) is 3.18. The quantitative estimate of drug-likeness (QED) is 0.731. The maximum atomic E-state index is 11.9. The Balaban J connectivity index is 2.29. The number of hydrogen-bond acceptors (Lipinski definition) is 2. The Hall–Kier alpha value is -0.280. The summed E-state index contributed by atoms with van der Waals surface area (Å²) in [6, 6.07) is 0. The molecule has 4 heteroatoms. The van der Waals surface area contributed by atoms with Crippen LogP contribution in [0, 0.1) is 11.8 Å². The minimum Gasteiger partial charge on any atom is -0.377 e. The van der Waals surface area contributed by atoms with Gasteiger partial charge in [0, 0.05) is 19.0 Å². The monoisotopic (exact) mass is 247 g/mol. The van der Waals surface area contributed by atoms with Crippen LogP contribution in [0.5, 0.6) is 0 Å². The Bertz CT molecular complexity index is 223. The molecule has 1 aliphatic heterocycles. The van der Waals surface area contributed by atoms with Gasteiger partial charge in [0.15, 0.2) is 0 Å². The van der Waals surface area contributed by atoms with Crippen molar-refractivity contribution in [2.75, 3.05) is 19.0 Å². The average molecular weight is 248 g/mol. The van der Waals surface area contributed by atoms with Gasteiger partial charge in [-0.1, -0.05) is 13.8 Å². The molecular weight excluding hydrogens is 226 g/mol. The zero-order valence-electron chi connectivity index (χ0n) is 10.2. The van der Waals surface area contributed by atoms with Crippen LogP contribution in [0.2, 0.25) is 0 Å². The standard InChI is InChI=1S/C12H22ClNO2/c1-3-11-10(5-7-16-11)12(15)14-8-9(2)4-6-13/h9-11H,3-8H2,1-2H3,(H,14,15). The van der Waals surface area contributed by atoms with Crippen molar-refractivity contribution in [1.29, 1.82) is 0 Å². The SMILES string of the molecule is CCC1OCCC1C(=O)NCC(C)CCCl. The summed E-state index contributed by atoms with van der Waals surface area (Å²) in [5.41, 5.74) is 0. The number of carbonyl (C=O) groups is 1. The Morgan fingerprint density at radius 1 is 1.62 bits per heavy atom. The van der Waals surface area contributed by atoms with Crippen LogP contribution >= 0.6 is 11.6 Å². The van der Waals surface area contributed by atoms with Crippen LogP contribution in [0.15, 0.2) is 0 Å². The van der Waals surface area contributed by atoms with E-state index in [0.29, 0.717) is 18.4 Å². The fourth-order valence-electron chi connectivity index (χ4n) is 2.04. The maximum absolute atomic E-state index is 11.9. The topological polar surface area (TPSA) is 38.3 Å². The first kappa shape index (κ1) is 13.8. The van der Waals surface area contributed by atoms with Crippen LogP contribution in [0.25, 0.3) is 0 Å². The third kappa shape index (κ3) is 3.95. The number of nitrogens with one attached hydrogen (secondary N) is 1. The van der Waals surface area contributed by atoms with Gasteiger partial charge in [-0.05, 0) is 25.2 Å². The summed E-state index contributed by atoms with van der Waals surface area (Å²) in [5, 5.41) is 3.00. The molecule has 1 heterocycles. The first-order chi connectivity index (χ1) is 7.69. The third-order valence-corrected chi connectivity index (χ3v) is 3.39.